The number of carbonyl (C=O) groups is 2. The predicted molar refractivity (Wildman–Crippen MR) is 51.8 cm³/mol. The van der Waals surface area contributed by atoms with Gasteiger partial charge in [-0.05, 0) is 26.4 Å². The van der Waals surface area contributed by atoms with Gasteiger partial charge in [-0.1, -0.05) is 0 Å². The second-order valence-corrected chi connectivity index (χ2v) is 4.46. The van der Waals surface area contributed by atoms with E-state index in [0.29, 0.717) is 6.61 Å². The van der Waals surface area contributed by atoms with Crippen molar-refractivity contribution in [2.24, 2.45) is 0 Å². The summed E-state index contributed by atoms with van der Waals surface area (Å²) in [4.78, 5) is 22.4. The fourth-order valence-corrected chi connectivity index (χ4v) is 1.76. The fraction of sp³-hybridized carbons (Fsp3) is 0.625. The molecule has 0 unspecified atom stereocenters. The molecule has 0 N–H and O–H groups in total. The molecule has 0 aliphatic carbocycles. The van der Waals surface area contributed by atoms with Crippen LogP contribution in [0.25, 0.3) is 0 Å². The lowest BCUT2D eigenvalue weighted by Gasteiger charge is -2.05. The van der Waals surface area contributed by atoms with Crippen molar-refractivity contribution in [1.82, 2.24) is 0 Å². The first-order valence-electron chi connectivity index (χ1n) is 3.63. The Bertz CT molecular complexity index is 226. The van der Waals surface area contributed by atoms with Gasteiger partial charge in [-0.25, -0.2) is 4.79 Å². The highest BCUT2D eigenvalue weighted by atomic mass is 32.2. The Morgan fingerprint density at radius 2 is 1.83 bits per heavy atom. The summed E-state index contributed by atoms with van der Waals surface area (Å²) in [5, 5.41) is 0. The van der Waals surface area contributed by atoms with Gasteiger partial charge in [-0.3, -0.25) is 4.79 Å². The van der Waals surface area contributed by atoms with Gasteiger partial charge < -0.3 is 4.74 Å². The number of esters is 1. The zero-order valence-electron chi connectivity index (χ0n) is 7.84. The molecule has 0 saturated carbocycles. The molecule has 0 aliphatic heterocycles. The molecule has 0 aromatic rings. The first-order chi connectivity index (χ1) is 5.50. The Morgan fingerprint density at radius 3 is 2.08 bits per heavy atom. The quantitative estimate of drug-likeness (QED) is 0.376. The molecule has 70 valence electrons. The third-order valence-electron chi connectivity index (χ3n) is 1.19. The fourth-order valence-electron chi connectivity index (χ4n) is 0.794. The van der Waals surface area contributed by atoms with Crippen molar-refractivity contribution in [3.8, 4) is 0 Å². The Morgan fingerprint density at radius 1 is 1.33 bits per heavy atom. The van der Waals surface area contributed by atoms with Crippen molar-refractivity contribution in [2.45, 2.75) is 13.8 Å². The first-order valence-corrected chi connectivity index (χ1v) is 5.67. The summed E-state index contributed by atoms with van der Waals surface area (Å²) in [5.74, 6) is -0.667. The molecule has 12 heavy (non-hydrogen) atoms. The smallest absolute Gasteiger partial charge is 0.347 e. The van der Waals surface area contributed by atoms with Gasteiger partial charge in [0.1, 0.15) is 4.86 Å². The van der Waals surface area contributed by atoms with Gasteiger partial charge in [-0.2, -0.15) is 10.5 Å². The zero-order chi connectivity index (χ0) is 9.72. The van der Waals surface area contributed by atoms with Crippen LogP contribution in [-0.4, -0.2) is 35.7 Å². The molecule has 0 atom stereocenters. The SMILES string of the molecule is CCOC(=O)C(C(C)=O)=S(C)C. The van der Waals surface area contributed by atoms with E-state index < -0.39 is 5.97 Å². The standard InChI is InChI=1S/C8H14O3S/c1-5-11-8(10)7(6(2)9)12(3)4/h5H2,1-4H3. The minimum Gasteiger partial charge on any atom is -0.462 e. The van der Waals surface area contributed by atoms with Gasteiger partial charge in [0.25, 0.3) is 0 Å². The van der Waals surface area contributed by atoms with E-state index in [1.807, 2.05) is 12.5 Å². The van der Waals surface area contributed by atoms with Gasteiger partial charge in [-0.15, -0.1) is 0 Å². The molecule has 0 heterocycles. The molecule has 0 bridgehead atoms. The summed E-state index contributed by atoms with van der Waals surface area (Å²) >= 11 is 0. The summed E-state index contributed by atoms with van der Waals surface area (Å²) in [6, 6.07) is 0. The minimum absolute atomic E-state index is 0.193. The number of ether oxygens (including phenoxy) is 1. The Kier molecular flexibility index (Phi) is 4.81. The molecular formula is C8H14O3S. The van der Waals surface area contributed by atoms with Crippen LogP contribution in [0, 0.1) is 0 Å². The van der Waals surface area contributed by atoms with E-state index in [4.69, 9.17) is 4.74 Å². The van der Waals surface area contributed by atoms with Gasteiger partial charge >= 0.3 is 5.97 Å². The van der Waals surface area contributed by atoms with Crippen molar-refractivity contribution >= 4 is 27.1 Å². The maximum Gasteiger partial charge on any atom is 0.347 e. The highest BCUT2D eigenvalue weighted by Crippen LogP contribution is 2.05. The Balaban J connectivity index is 4.67. The molecule has 0 aliphatic rings. The third-order valence-corrected chi connectivity index (χ3v) is 2.46. The zero-order valence-corrected chi connectivity index (χ0v) is 8.66. The lowest BCUT2D eigenvalue weighted by atomic mass is 10.3. The maximum atomic E-state index is 11.2. The molecule has 0 aromatic heterocycles. The minimum atomic E-state index is -0.474. The number of ketones is 1. The van der Waals surface area contributed by atoms with Gasteiger partial charge in [0, 0.05) is 0 Å². The topological polar surface area (TPSA) is 43.4 Å². The van der Waals surface area contributed by atoms with E-state index in [-0.39, 0.29) is 21.1 Å². The van der Waals surface area contributed by atoms with Crippen LogP contribution in [0.15, 0.2) is 0 Å². The average Bonchev–Trinajstić information content (AvgIpc) is 1.85. The van der Waals surface area contributed by atoms with Crippen LogP contribution < -0.4 is 0 Å². The summed E-state index contributed by atoms with van der Waals surface area (Å²) < 4.78 is 4.74. The van der Waals surface area contributed by atoms with Gasteiger partial charge in [0.2, 0.25) is 0 Å². The molecule has 0 radical (unpaired) electrons. The molecule has 4 heteroatoms. The predicted octanol–water partition coefficient (Wildman–Crippen LogP) is 0.839. The van der Waals surface area contributed by atoms with Crippen molar-refractivity contribution in [1.29, 1.82) is 0 Å². The van der Waals surface area contributed by atoms with E-state index in [0.717, 1.165) is 0 Å². The summed E-state index contributed by atoms with van der Waals surface area (Å²) in [5.41, 5.74) is 0. The first kappa shape index (κ1) is 11.4. The normalized spacial score (nSPS) is 9.75. The van der Waals surface area contributed by atoms with Crippen LogP contribution in [0.4, 0.5) is 0 Å². The Labute approximate surface area is 75.0 Å². The molecule has 0 fully saturated rings. The number of carbonyl (C=O) groups excluding carboxylic acids is 2. The van der Waals surface area contributed by atoms with Gasteiger partial charge in [0.05, 0.1) is 6.61 Å². The molecule has 3 nitrogen and oxygen atoms in total. The maximum absolute atomic E-state index is 11.2. The summed E-state index contributed by atoms with van der Waals surface area (Å²) in [6.45, 7) is 3.42. The second-order valence-electron chi connectivity index (χ2n) is 2.42. The summed E-state index contributed by atoms with van der Waals surface area (Å²) in [7, 11) is -0.322. The number of Topliss-reactive ketones (excluding diaryl/α,β-unsaturated/α-hetero) is 1. The van der Waals surface area contributed by atoms with E-state index in [1.54, 1.807) is 6.92 Å². The second kappa shape index (κ2) is 5.09. The lowest BCUT2D eigenvalue weighted by molar-refractivity contribution is -0.135. The number of hydrogen-bond donors (Lipinski definition) is 0. The highest BCUT2D eigenvalue weighted by Gasteiger charge is 2.16. The molecule has 0 spiro atoms. The number of rotatable bonds is 3. The Hall–Kier alpha value is -0.640. The van der Waals surface area contributed by atoms with E-state index >= 15 is 0 Å². The van der Waals surface area contributed by atoms with Crippen LogP contribution in [0.1, 0.15) is 13.8 Å². The molecule has 0 saturated heterocycles. The van der Waals surface area contributed by atoms with Crippen molar-refractivity contribution in [3.63, 3.8) is 0 Å². The van der Waals surface area contributed by atoms with Crippen molar-refractivity contribution < 1.29 is 14.3 Å². The van der Waals surface area contributed by atoms with Crippen LogP contribution in [0.5, 0.6) is 0 Å². The molecule has 0 aromatic carbocycles. The van der Waals surface area contributed by atoms with E-state index in [2.05, 4.69) is 0 Å². The van der Waals surface area contributed by atoms with E-state index in [9.17, 15) is 9.59 Å². The van der Waals surface area contributed by atoms with Crippen LogP contribution in [0.2, 0.25) is 0 Å². The number of hydrogen-bond acceptors (Lipinski definition) is 3. The van der Waals surface area contributed by atoms with Crippen molar-refractivity contribution in [2.75, 3.05) is 19.1 Å². The monoisotopic (exact) mass is 190 g/mol. The van der Waals surface area contributed by atoms with Crippen LogP contribution >= 0.6 is 10.5 Å². The van der Waals surface area contributed by atoms with Gasteiger partial charge in [0.15, 0.2) is 5.78 Å². The van der Waals surface area contributed by atoms with Crippen molar-refractivity contribution in [3.05, 3.63) is 0 Å². The lowest BCUT2D eigenvalue weighted by Crippen LogP contribution is -2.24. The van der Waals surface area contributed by atoms with Crippen LogP contribution in [-0.2, 0) is 14.3 Å². The van der Waals surface area contributed by atoms with Crippen LogP contribution in [0.3, 0.4) is 0 Å². The summed E-state index contributed by atoms with van der Waals surface area (Å²) in [6.07, 6.45) is 3.65. The average molecular weight is 190 g/mol. The third kappa shape index (κ3) is 3.17. The largest absolute Gasteiger partial charge is 0.462 e. The molecular weight excluding hydrogens is 176 g/mol. The van der Waals surface area contributed by atoms with E-state index in [1.165, 1.54) is 6.92 Å². The molecule has 0 amide bonds. The highest BCUT2D eigenvalue weighted by molar-refractivity contribution is 8.16. The molecule has 0 rings (SSSR count).